The standard InChI is InChI=1S/C40H47N5O8S/c1-2-28-14-17-40(28,37(48)44-54(50,51)30-12-13-30)43-34(46)32-22-29-23-45(32)36(47)33(27-8-4-3-5-9-27)42-38(49)52-24-39(18-19-39)16-6-7-25-10-11-26-15-20-41-35(53-29)31(26)21-25/h2,10-11,15,20-21,27-30,32-33H,1,3-9,12-13,16,18-19,22-24H2,(H,42,49)(H,43,46)(H,44,48)/t28-,29-,32+,33+,40-/m1/s1. The Labute approximate surface area is 315 Å². The lowest BCUT2D eigenvalue weighted by Crippen LogP contribution is -2.68. The molecule has 3 N–H and O–H groups in total. The molecule has 54 heavy (non-hydrogen) atoms. The van der Waals surface area contributed by atoms with Crippen LogP contribution in [0, 0.1) is 29.1 Å². The molecule has 3 heterocycles. The molecule has 1 spiro atoms. The largest absolute Gasteiger partial charge is 0.472 e. The van der Waals surface area contributed by atoms with Crippen molar-refractivity contribution in [3.8, 4) is 17.7 Å². The van der Waals surface area contributed by atoms with Crippen LogP contribution in [0.15, 0.2) is 43.1 Å². The summed E-state index contributed by atoms with van der Waals surface area (Å²) >= 11 is 0. The lowest BCUT2D eigenvalue weighted by atomic mass is 9.76. The Morgan fingerprint density at radius 2 is 1.85 bits per heavy atom. The minimum absolute atomic E-state index is 0.00353. The molecule has 4 fully saturated rings. The number of ether oxygens (including phenoxy) is 2. The van der Waals surface area contributed by atoms with E-state index in [4.69, 9.17) is 9.47 Å². The number of fused-ring (bicyclic) bond motifs is 3. The van der Waals surface area contributed by atoms with E-state index in [1.54, 1.807) is 6.20 Å². The molecule has 1 aromatic heterocycles. The molecular weight excluding hydrogens is 711 g/mol. The van der Waals surface area contributed by atoms with Crippen LogP contribution in [-0.4, -0.2) is 84.2 Å². The van der Waals surface area contributed by atoms with Crippen LogP contribution in [0.2, 0.25) is 0 Å². The minimum Gasteiger partial charge on any atom is -0.472 e. The zero-order valence-corrected chi connectivity index (χ0v) is 31.1. The first-order valence-corrected chi connectivity index (χ1v) is 20.9. The minimum atomic E-state index is -3.96. The number of hydrogen-bond donors (Lipinski definition) is 3. The predicted molar refractivity (Wildman–Crippen MR) is 198 cm³/mol. The fourth-order valence-corrected chi connectivity index (χ4v) is 9.89. The van der Waals surface area contributed by atoms with Crippen LogP contribution in [0.25, 0.3) is 10.8 Å². The molecule has 6 aliphatic rings. The maximum absolute atomic E-state index is 14.8. The van der Waals surface area contributed by atoms with Crippen LogP contribution in [0.1, 0.15) is 82.6 Å². The topological polar surface area (TPSA) is 173 Å². The van der Waals surface area contributed by atoms with Crippen LogP contribution in [-0.2, 0) is 35.6 Å². The number of rotatable bonds is 7. The second-order valence-corrected chi connectivity index (χ2v) is 18.0. The summed E-state index contributed by atoms with van der Waals surface area (Å²) in [6.07, 6.45) is 11.6. The van der Waals surface area contributed by atoms with Crippen LogP contribution >= 0.6 is 0 Å². The fraction of sp³-hybridized carbons (Fsp3) is 0.575. The second-order valence-electron chi connectivity index (χ2n) is 16.1. The van der Waals surface area contributed by atoms with Crippen molar-refractivity contribution in [1.82, 2.24) is 25.2 Å². The van der Waals surface area contributed by atoms with Crippen molar-refractivity contribution < 1.29 is 37.1 Å². The third-order valence-corrected chi connectivity index (χ3v) is 14.0. The van der Waals surface area contributed by atoms with Crippen LogP contribution in [0.4, 0.5) is 4.79 Å². The van der Waals surface area contributed by atoms with Gasteiger partial charge in [0.05, 0.1) is 24.3 Å². The number of nitrogens with zero attached hydrogens (tertiary/aromatic N) is 2. The zero-order valence-electron chi connectivity index (χ0n) is 30.3. The van der Waals surface area contributed by atoms with Crippen molar-refractivity contribution >= 4 is 44.6 Å². The predicted octanol–water partition coefficient (Wildman–Crippen LogP) is 3.66. The average molecular weight is 758 g/mol. The SMILES string of the molecule is C=C[C@@H]1C#C[C@]1(NC(=O)[C@@H]1C[C@@H]2CN1C(=O)[C@H](C1CCCCC1)NC(=O)OCC1(CCCc3ccc4ccnc(c4c3)O2)CC1)C(=O)NS(=O)(=O)C1CC1. The maximum Gasteiger partial charge on any atom is 0.407 e. The van der Waals surface area contributed by atoms with Gasteiger partial charge in [-0.2, -0.15) is 0 Å². The quantitative estimate of drug-likeness (QED) is 0.282. The van der Waals surface area contributed by atoms with E-state index in [0.717, 1.165) is 80.5 Å². The van der Waals surface area contributed by atoms with Gasteiger partial charge in [0.2, 0.25) is 27.7 Å². The number of aromatic nitrogens is 1. The molecule has 13 nitrogen and oxygen atoms in total. The first-order valence-electron chi connectivity index (χ1n) is 19.3. The molecule has 2 aliphatic heterocycles. The summed E-state index contributed by atoms with van der Waals surface area (Å²) < 4.78 is 40.1. The Morgan fingerprint density at radius 1 is 1.06 bits per heavy atom. The smallest absolute Gasteiger partial charge is 0.407 e. The summed E-state index contributed by atoms with van der Waals surface area (Å²) in [6.45, 7) is 4.04. The molecule has 4 amide bonds. The number of aryl methyl sites for hydroxylation is 1. The normalized spacial score (nSPS) is 29.7. The number of benzene rings is 1. The molecule has 286 valence electrons. The number of carbonyl (C=O) groups is 4. The maximum atomic E-state index is 14.8. The molecule has 4 aliphatic carbocycles. The monoisotopic (exact) mass is 757 g/mol. The van der Waals surface area contributed by atoms with Gasteiger partial charge in [0, 0.05) is 23.4 Å². The van der Waals surface area contributed by atoms with Crippen molar-refractivity contribution in [3.63, 3.8) is 0 Å². The molecule has 5 atom stereocenters. The van der Waals surface area contributed by atoms with Gasteiger partial charge in [-0.1, -0.05) is 49.3 Å². The molecule has 4 bridgehead atoms. The molecule has 0 unspecified atom stereocenters. The summed E-state index contributed by atoms with van der Waals surface area (Å²) in [6, 6.07) is 6.02. The summed E-state index contributed by atoms with van der Waals surface area (Å²) in [5.74, 6) is 2.73. The lowest BCUT2D eigenvalue weighted by molar-refractivity contribution is -0.142. The van der Waals surface area contributed by atoms with Crippen LogP contribution in [0.5, 0.6) is 5.88 Å². The zero-order chi connectivity index (χ0) is 37.7. The third-order valence-electron chi connectivity index (χ3n) is 12.2. The summed E-state index contributed by atoms with van der Waals surface area (Å²) in [4.78, 5) is 62.4. The van der Waals surface area contributed by atoms with Gasteiger partial charge in [0.1, 0.15) is 18.2 Å². The van der Waals surface area contributed by atoms with Crippen molar-refractivity contribution in [3.05, 3.63) is 48.7 Å². The first-order chi connectivity index (χ1) is 26.0. The Bertz CT molecular complexity index is 2050. The summed E-state index contributed by atoms with van der Waals surface area (Å²) in [5.41, 5.74) is -0.853. The first kappa shape index (κ1) is 36.3. The highest BCUT2D eigenvalue weighted by Crippen LogP contribution is 2.50. The number of carbonyl (C=O) groups excluding carboxylic acids is 4. The van der Waals surface area contributed by atoms with E-state index in [0.29, 0.717) is 18.7 Å². The van der Waals surface area contributed by atoms with Crippen LogP contribution in [0.3, 0.4) is 0 Å². The van der Waals surface area contributed by atoms with E-state index >= 15 is 0 Å². The highest BCUT2D eigenvalue weighted by Gasteiger charge is 2.54. The van der Waals surface area contributed by atoms with Crippen molar-refractivity contribution in [2.45, 2.75) is 112 Å². The Hall–Kier alpha value is -4.64. The van der Waals surface area contributed by atoms with Crippen molar-refractivity contribution in [2.24, 2.45) is 17.3 Å². The molecular formula is C40H47N5O8S. The Morgan fingerprint density at radius 3 is 2.56 bits per heavy atom. The number of amides is 4. The van der Waals surface area contributed by atoms with Crippen molar-refractivity contribution in [2.75, 3.05) is 13.2 Å². The molecule has 8 rings (SSSR count). The molecule has 2 aromatic rings. The van der Waals surface area contributed by atoms with E-state index in [-0.39, 0.29) is 30.9 Å². The Balaban J connectivity index is 1.13. The number of nitrogens with one attached hydrogen (secondary N) is 3. The van der Waals surface area contributed by atoms with E-state index in [1.807, 2.05) is 12.1 Å². The number of alkyl carbamates (subject to hydrolysis) is 1. The molecule has 0 radical (unpaired) electrons. The van der Waals surface area contributed by atoms with Crippen molar-refractivity contribution in [1.29, 1.82) is 0 Å². The van der Waals surface area contributed by atoms with Gasteiger partial charge in [-0.3, -0.25) is 14.4 Å². The average Bonchev–Trinajstić information content (AvgIpc) is 4.09. The number of sulfonamides is 1. The number of pyridine rings is 1. The summed E-state index contributed by atoms with van der Waals surface area (Å²) in [5, 5.41) is 6.75. The molecule has 1 saturated heterocycles. The number of cyclic esters (lactones) is 1. The van der Waals surface area contributed by atoms with Gasteiger partial charge < -0.3 is 25.0 Å². The van der Waals surface area contributed by atoms with Gasteiger partial charge in [-0.05, 0) is 86.8 Å². The fourth-order valence-electron chi connectivity index (χ4n) is 8.54. The number of hydrogen-bond acceptors (Lipinski definition) is 9. The van der Waals surface area contributed by atoms with Gasteiger partial charge in [0.25, 0.3) is 5.91 Å². The molecule has 3 saturated carbocycles. The van der Waals surface area contributed by atoms with Gasteiger partial charge in [-0.15, -0.1) is 6.58 Å². The molecule has 1 aromatic carbocycles. The Kier molecular flexibility index (Phi) is 9.57. The second kappa shape index (κ2) is 14.2. The van der Waals surface area contributed by atoms with E-state index in [9.17, 15) is 27.6 Å². The lowest BCUT2D eigenvalue weighted by Gasteiger charge is -2.38. The molecule has 14 heteroatoms. The van der Waals surface area contributed by atoms with Gasteiger partial charge in [-0.25, -0.2) is 22.9 Å². The van der Waals surface area contributed by atoms with E-state index < -0.39 is 68.7 Å². The summed E-state index contributed by atoms with van der Waals surface area (Å²) in [7, 11) is -3.96. The highest BCUT2D eigenvalue weighted by atomic mass is 32.2. The highest BCUT2D eigenvalue weighted by molar-refractivity contribution is 7.91. The van der Waals surface area contributed by atoms with Gasteiger partial charge in [0.15, 0.2) is 5.54 Å². The van der Waals surface area contributed by atoms with Gasteiger partial charge >= 0.3 is 6.09 Å². The van der Waals surface area contributed by atoms with E-state index in [1.165, 1.54) is 11.0 Å². The van der Waals surface area contributed by atoms with Crippen LogP contribution < -0.4 is 20.1 Å². The third kappa shape index (κ3) is 7.14. The van der Waals surface area contributed by atoms with E-state index in [2.05, 4.69) is 50.9 Å².